The topological polar surface area (TPSA) is 75.9 Å². The number of aromatic nitrogens is 4. The number of carbonyl (C=O) groups excluding carboxylic acids is 1. The van der Waals surface area contributed by atoms with Gasteiger partial charge >= 0.3 is 0 Å². The maximum atomic E-state index is 13.0. The minimum Gasteiger partial charge on any atom is -0.356 e. The number of hydrogen-bond acceptors (Lipinski definition) is 5. The summed E-state index contributed by atoms with van der Waals surface area (Å²) in [5, 5.41) is 8.30. The molecular weight excluding hydrogens is 371 g/mol. The van der Waals surface area contributed by atoms with E-state index in [0.717, 1.165) is 35.5 Å². The smallest absolute Gasteiger partial charge is 0.224 e. The summed E-state index contributed by atoms with van der Waals surface area (Å²) in [6.07, 6.45) is 8.52. The molecule has 8 heteroatoms. The third kappa shape index (κ3) is 4.70. The lowest BCUT2D eigenvalue weighted by molar-refractivity contribution is -0.120. The van der Waals surface area contributed by atoms with Gasteiger partial charge in [0.25, 0.3) is 0 Å². The third-order valence-electron chi connectivity index (χ3n) is 5.24. The lowest BCUT2D eigenvalue weighted by Crippen LogP contribution is -2.29. The molecule has 1 N–H and O–H groups in total. The van der Waals surface area contributed by atoms with Crippen LogP contribution < -0.4 is 10.2 Å². The Hall–Kier alpha value is -3.03. The molecule has 0 atom stereocenters. The highest BCUT2D eigenvalue weighted by Gasteiger charge is 2.17. The molecule has 0 radical (unpaired) electrons. The summed E-state index contributed by atoms with van der Waals surface area (Å²) < 4.78 is 14.8. The number of rotatable bonds is 6. The number of nitrogens with one attached hydrogen (secondary N) is 1. The first-order valence-electron chi connectivity index (χ1n) is 10.1. The van der Waals surface area contributed by atoms with Gasteiger partial charge in [0.05, 0.1) is 24.5 Å². The maximum absolute atomic E-state index is 13.0. The Bertz CT molecular complexity index is 963. The molecule has 3 heterocycles. The first kappa shape index (κ1) is 19.3. The summed E-state index contributed by atoms with van der Waals surface area (Å²) in [5.74, 6) is 0.540. The summed E-state index contributed by atoms with van der Waals surface area (Å²) in [6.45, 7) is 2.99. The standard InChI is InChI=1S/C21H25FN6O/c22-17-7-5-16(6-8-17)13-19(29)23-9-12-28-21-18(14-26-28)20(24-15-25-21)27-10-3-1-2-4-11-27/h5-8,14-15H,1-4,9-13H2,(H,23,29). The molecule has 0 aliphatic carbocycles. The lowest BCUT2D eigenvalue weighted by atomic mass is 10.1. The number of amides is 1. The van der Waals surface area contributed by atoms with Crippen molar-refractivity contribution in [2.45, 2.75) is 38.6 Å². The average Bonchev–Trinajstić information content (AvgIpc) is 2.95. The second-order valence-corrected chi connectivity index (χ2v) is 7.36. The molecule has 0 unspecified atom stereocenters. The van der Waals surface area contributed by atoms with E-state index >= 15 is 0 Å². The Morgan fingerprint density at radius 2 is 1.83 bits per heavy atom. The predicted molar refractivity (Wildman–Crippen MR) is 109 cm³/mol. The number of benzene rings is 1. The first-order chi connectivity index (χ1) is 14.2. The Morgan fingerprint density at radius 3 is 2.59 bits per heavy atom. The summed E-state index contributed by atoms with van der Waals surface area (Å²) in [4.78, 5) is 23.4. The number of carbonyl (C=O) groups is 1. The van der Waals surface area contributed by atoms with Crippen molar-refractivity contribution in [1.29, 1.82) is 0 Å². The molecule has 4 rings (SSSR count). The number of anilines is 1. The molecule has 0 bridgehead atoms. The highest BCUT2D eigenvalue weighted by atomic mass is 19.1. The van der Waals surface area contributed by atoms with Crippen molar-refractivity contribution in [3.63, 3.8) is 0 Å². The predicted octanol–water partition coefficient (Wildman–Crippen LogP) is 2.70. The van der Waals surface area contributed by atoms with Gasteiger partial charge in [-0.2, -0.15) is 5.10 Å². The summed E-state index contributed by atoms with van der Waals surface area (Å²) >= 11 is 0. The molecule has 1 aliphatic heterocycles. The first-order valence-corrected chi connectivity index (χ1v) is 10.1. The minimum absolute atomic E-state index is 0.104. The Balaban J connectivity index is 1.38. The molecule has 1 amide bonds. The largest absolute Gasteiger partial charge is 0.356 e. The zero-order chi connectivity index (χ0) is 20.1. The molecule has 29 heavy (non-hydrogen) atoms. The Labute approximate surface area is 168 Å². The van der Waals surface area contributed by atoms with Crippen molar-refractivity contribution in [1.82, 2.24) is 25.1 Å². The lowest BCUT2D eigenvalue weighted by Gasteiger charge is -2.21. The number of fused-ring (bicyclic) bond motifs is 1. The molecule has 3 aromatic rings. The van der Waals surface area contributed by atoms with Gasteiger partial charge in [0.15, 0.2) is 5.65 Å². The van der Waals surface area contributed by atoms with E-state index in [9.17, 15) is 9.18 Å². The van der Waals surface area contributed by atoms with Crippen LogP contribution in [0.2, 0.25) is 0 Å². The second-order valence-electron chi connectivity index (χ2n) is 7.36. The Morgan fingerprint density at radius 1 is 1.07 bits per heavy atom. The molecular formula is C21H25FN6O. The third-order valence-corrected chi connectivity index (χ3v) is 5.24. The quantitative estimate of drug-likeness (QED) is 0.693. The van der Waals surface area contributed by atoms with Crippen LogP contribution in [0.3, 0.4) is 0 Å². The van der Waals surface area contributed by atoms with Crippen molar-refractivity contribution in [2.24, 2.45) is 0 Å². The van der Waals surface area contributed by atoms with Crippen molar-refractivity contribution in [2.75, 3.05) is 24.5 Å². The van der Waals surface area contributed by atoms with E-state index in [1.807, 2.05) is 6.20 Å². The molecule has 0 spiro atoms. The molecule has 1 saturated heterocycles. The molecule has 152 valence electrons. The van der Waals surface area contributed by atoms with Gasteiger partial charge in [0.2, 0.25) is 5.91 Å². The van der Waals surface area contributed by atoms with E-state index < -0.39 is 0 Å². The summed E-state index contributed by atoms with van der Waals surface area (Å²) in [7, 11) is 0. The van der Waals surface area contributed by atoms with E-state index in [-0.39, 0.29) is 18.1 Å². The molecule has 0 saturated carbocycles. The van der Waals surface area contributed by atoms with Crippen LogP contribution in [-0.4, -0.2) is 45.3 Å². The zero-order valence-electron chi connectivity index (χ0n) is 16.4. The van der Waals surface area contributed by atoms with Gasteiger partial charge in [-0.3, -0.25) is 4.79 Å². The van der Waals surface area contributed by atoms with Crippen LogP contribution >= 0.6 is 0 Å². The van der Waals surface area contributed by atoms with Crippen molar-refractivity contribution < 1.29 is 9.18 Å². The number of nitrogens with zero attached hydrogens (tertiary/aromatic N) is 5. The van der Waals surface area contributed by atoms with E-state index in [4.69, 9.17) is 0 Å². The number of halogens is 1. The van der Waals surface area contributed by atoms with Gasteiger partial charge in [0, 0.05) is 19.6 Å². The van der Waals surface area contributed by atoms with Crippen molar-refractivity contribution in [3.05, 3.63) is 48.2 Å². The van der Waals surface area contributed by atoms with Gasteiger partial charge in [0.1, 0.15) is 18.0 Å². The van der Waals surface area contributed by atoms with E-state index in [1.165, 1.54) is 37.8 Å². The van der Waals surface area contributed by atoms with Crippen LogP contribution in [0.5, 0.6) is 0 Å². The van der Waals surface area contributed by atoms with E-state index in [1.54, 1.807) is 23.1 Å². The van der Waals surface area contributed by atoms with Crippen LogP contribution in [0.15, 0.2) is 36.8 Å². The van der Waals surface area contributed by atoms with E-state index in [0.29, 0.717) is 13.1 Å². The SMILES string of the molecule is O=C(Cc1ccc(F)cc1)NCCn1ncc2c(N3CCCCCC3)ncnc21. The van der Waals surface area contributed by atoms with Crippen molar-refractivity contribution in [3.8, 4) is 0 Å². The monoisotopic (exact) mass is 396 g/mol. The fraction of sp³-hybridized carbons (Fsp3) is 0.429. The van der Waals surface area contributed by atoms with E-state index in [2.05, 4.69) is 25.3 Å². The normalized spacial score (nSPS) is 14.7. The van der Waals surface area contributed by atoms with Crippen molar-refractivity contribution >= 4 is 22.8 Å². The molecule has 2 aromatic heterocycles. The van der Waals surface area contributed by atoms with Gasteiger partial charge in [-0.05, 0) is 30.5 Å². The van der Waals surface area contributed by atoms with Crippen LogP contribution in [0.25, 0.3) is 11.0 Å². The van der Waals surface area contributed by atoms with Gasteiger partial charge in [-0.15, -0.1) is 0 Å². The molecule has 1 aromatic carbocycles. The Kier molecular flexibility index (Phi) is 5.97. The highest BCUT2D eigenvalue weighted by Crippen LogP contribution is 2.25. The van der Waals surface area contributed by atoms with Gasteiger partial charge < -0.3 is 10.2 Å². The van der Waals surface area contributed by atoms with Crippen LogP contribution in [0, 0.1) is 5.82 Å². The number of hydrogen-bond donors (Lipinski definition) is 1. The van der Waals surface area contributed by atoms with Gasteiger partial charge in [-0.1, -0.05) is 25.0 Å². The minimum atomic E-state index is -0.304. The maximum Gasteiger partial charge on any atom is 0.224 e. The average molecular weight is 396 g/mol. The highest BCUT2D eigenvalue weighted by molar-refractivity contribution is 5.86. The fourth-order valence-corrected chi connectivity index (χ4v) is 3.73. The van der Waals surface area contributed by atoms with Gasteiger partial charge in [-0.25, -0.2) is 19.0 Å². The fourth-order valence-electron chi connectivity index (χ4n) is 3.73. The molecule has 1 fully saturated rings. The van der Waals surface area contributed by atoms with Crippen LogP contribution in [0.1, 0.15) is 31.2 Å². The molecule has 7 nitrogen and oxygen atoms in total. The van der Waals surface area contributed by atoms with Crippen LogP contribution in [-0.2, 0) is 17.8 Å². The van der Waals surface area contributed by atoms with Crippen LogP contribution in [0.4, 0.5) is 10.2 Å². The summed E-state index contributed by atoms with van der Waals surface area (Å²) in [5.41, 5.74) is 1.57. The molecule has 1 aliphatic rings. The summed E-state index contributed by atoms with van der Waals surface area (Å²) in [6, 6.07) is 5.97. The second kappa shape index (κ2) is 8.98. The zero-order valence-corrected chi connectivity index (χ0v) is 16.4.